The molecule has 1 aromatic rings. The minimum Gasteiger partial charge on any atom is -0.339 e. The van der Waals surface area contributed by atoms with Crippen molar-refractivity contribution in [1.82, 2.24) is 19.8 Å². The average molecular weight is 451 g/mol. The zero-order valence-electron chi connectivity index (χ0n) is 18.5. The van der Waals surface area contributed by atoms with E-state index in [1.165, 1.54) is 19.3 Å². The molecule has 1 aliphatic carbocycles. The quantitative estimate of drug-likeness (QED) is 0.694. The Labute approximate surface area is 185 Å². The number of hydrogen-bond donors (Lipinski definition) is 2. The van der Waals surface area contributed by atoms with Crippen LogP contribution in [-0.4, -0.2) is 68.9 Å². The monoisotopic (exact) mass is 450 g/mol. The normalized spacial score (nSPS) is 18.1. The molecule has 1 saturated heterocycles. The van der Waals surface area contributed by atoms with E-state index in [1.807, 2.05) is 13.8 Å². The first kappa shape index (κ1) is 23.5. The van der Waals surface area contributed by atoms with Crippen molar-refractivity contribution in [2.75, 3.05) is 32.7 Å². The smallest absolute Gasteiger partial charge is 0.317 e. The molecule has 1 heterocycles. The van der Waals surface area contributed by atoms with Crippen molar-refractivity contribution in [2.24, 2.45) is 0 Å². The van der Waals surface area contributed by atoms with Crippen molar-refractivity contribution < 1.29 is 18.0 Å². The standard InChI is InChI=1S/C22H34N4O4S/c1-17-8-9-20(16-18(17)2)31(29,30)23-11-10-21(27)25-12-14-26(15-13-25)22(28)24-19-6-4-3-5-7-19/h8-9,16,19,23H,3-7,10-15H2,1-2H3,(H,24,28). The molecule has 1 aliphatic heterocycles. The van der Waals surface area contributed by atoms with Crippen LogP contribution in [-0.2, 0) is 14.8 Å². The first-order chi connectivity index (χ1) is 14.8. The maximum Gasteiger partial charge on any atom is 0.317 e. The van der Waals surface area contributed by atoms with Gasteiger partial charge in [-0.3, -0.25) is 4.79 Å². The lowest BCUT2D eigenvalue weighted by Gasteiger charge is -2.36. The van der Waals surface area contributed by atoms with Crippen LogP contribution in [0.1, 0.15) is 49.7 Å². The fraction of sp³-hybridized carbons (Fsp3) is 0.636. The number of aryl methyl sites for hydroxylation is 2. The van der Waals surface area contributed by atoms with Crippen molar-refractivity contribution >= 4 is 22.0 Å². The van der Waals surface area contributed by atoms with E-state index >= 15 is 0 Å². The third-order valence-electron chi connectivity index (χ3n) is 6.27. The number of hydrogen-bond acceptors (Lipinski definition) is 4. The number of nitrogens with one attached hydrogen (secondary N) is 2. The zero-order chi connectivity index (χ0) is 22.4. The molecule has 9 heteroatoms. The summed E-state index contributed by atoms with van der Waals surface area (Å²) in [5.74, 6) is -0.102. The van der Waals surface area contributed by atoms with Gasteiger partial charge in [0.05, 0.1) is 4.90 Å². The number of carbonyl (C=O) groups is 2. The number of rotatable bonds is 6. The molecule has 0 atom stereocenters. The predicted octanol–water partition coefficient (Wildman–Crippen LogP) is 2.16. The van der Waals surface area contributed by atoms with Crippen LogP contribution in [0, 0.1) is 13.8 Å². The van der Waals surface area contributed by atoms with Crippen molar-refractivity contribution in [1.29, 1.82) is 0 Å². The lowest BCUT2D eigenvalue weighted by molar-refractivity contribution is -0.132. The van der Waals surface area contributed by atoms with Gasteiger partial charge < -0.3 is 15.1 Å². The SMILES string of the molecule is Cc1ccc(S(=O)(=O)NCCC(=O)N2CCN(C(=O)NC3CCCCC3)CC2)cc1C. The number of amides is 3. The highest BCUT2D eigenvalue weighted by molar-refractivity contribution is 7.89. The van der Waals surface area contributed by atoms with Gasteiger partial charge in [-0.15, -0.1) is 0 Å². The van der Waals surface area contributed by atoms with Crippen LogP contribution in [0.5, 0.6) is 0 Å². The van der Waals surface area contributed by atoms with Gasteiger partial charge in [0, 0.05) is 45.2 Å². The molecule has 31 heavy (non-hydrogen) atoms. The average Bonchev–Trinajstić information content (AvgIpc) is 2.76. The van der Waals surface area contributed by atoms with Gasteiger partial charge in [-0.05, 0) is 49.9 Å². The lowest BCUT2D eigenvalue weighted by Crippen LogP contribution is -2.54. The summed E-state index contributed by atoms with van der Waals surface area (Å²) in [5.41, 5.74) is 1.94. The largest absolute Gasteiger partial charge is 0.339 e. The zero-order valence-corrected chi connectivity index (χ0v) is 19.3. The fourth-order valence-electron chi connectivity index (χ4n) is 4.09. The number of benzene rings is 1. The Bertz CT molecular complexity index is 889. The maximum absolute atomic E-state index is 12.5. The van der Waals surface area contributed by atoms with E-state index in [4.69, 9.17) is 0 Å². The first-order valence-corrected chi connectivity index (χ1v) is 12.6. The Morgan fingerprint density at radius 3 is 2.26 bits per heavy atom. The van der Waals surface area contributed by atoms with Gasteiger partial charge in [-0.25, -0.2) is 17.9 Å². The van der Waals surface area contributed by atoms with Gasteiger partial charge in [0.1, 0.15) is 0 Å². The highest BCUT2D eigenvalue weighted by Gasteiger charge is 2.26. The number of nitrogens with zero attached hydrogens (tertiary/aromatic N) is 2. The van der Waals surface area contributed by atoms with E-state index in [1.54, 1.807) is 28.0 Å². The van der Waals surface area contributed by atoms with Crippen LogP contribution in [0.2, 0.25) is 0 Å². The summed E-state index contributed by atoms with van der Waals surface area (Å²) in [6, 6.07) is 5.21. The second-order valence-electron chi connectivity index (χ2n) is 8.55. The second kappa shape index (κ2) is 10.5. The minimum atomic E-state index is -3.64. The summed E-state index contributed by atoms with van der Waals surface area (Å²) in [5, 5.41) is 3.11. The Morgan fingerprint density at radius 2 is 1.61 bits per heavy atom. The molecule has 0 bridgehead atoms. The van der Waals surface area contributed by atoms with Crippen LogP contribution in [0.15, 0.2) is 23.1 Å². The highest BCUT2D eigenvalue weighted by Crippen LogP contribution is 2.18. The summed E-state index contributed by atoms with van der Waals surface area (Å²) in [6.07, 6.45) is 5.76. The summed E-state index contributed by atoms with van der Waals surface area (Å²) in [6.45, 7) is 5.79. The Balaban J connectivity index is 1.40. The van der Waals surface area contributed by atoms with Crippen LogP contribution in [0.25, 0.3) is 0 Å². The Kier molecular flexibility index (Phi) is 7.94. The Morgan fingerprint density at radius 1 is 0.968 bits per heavy atom. The fourth-order valence-corrected chi connectivity index (χ4v) is 5.20. The molecule has 3 amide bonds. The molecule has 0 spiro atoms. The third kappa shape index (κ3) is 6.43. The molecular formula is C22H34N4O4S. The van der Waals surface area contributed by atoms with Crippen molar-refractivity contribution in [3.63, 3.8) is 0 Å². The van der Waals surface area contributed by atoms with E-state index in [-0.39, 0.29) is 35.8 Å². The lowest BCUT2D eigenvalue weighted by atomic mass is 9.96. The van der Waals surface area contributed by atoms with Gasteiger partial charge in [0.15, 0.2) is 0 Å². The van der Waals surface area contributed by atoms with Gasteiger partial charge in [-0.2, -0.15) is 0 Å². The number of sulfonamides is 1. The van der Waals surface area contributed by atoms with Crippen LogP contribution in [0.3, 0.4) is 0 Å². The molecule has 0 unspecified atom stereocenters. The van der Waals surface area contributed by atoms with Crippen LogP contribution in [0.4, 0.5) is 4.79 Å². The molecule has 1 aromatic carbocycles. The number of carbonyl (C=O) groups excluding carboxylic acids is 2. The predicted molar refractivity (Wildman–Crippen MR) is 119 cm³/mol. The molecule has 1 saturated carbocycles. The van der Waals surface area contributed by atoms with Crippen LogP contribution < -0.4 is 10.0 Å². The molecule has 0 radical (unpaired) electrons. The van der Waals surface area contributed by atoms with Crippen molar-refractivity contribution in [3.05, 3.63) is 29.3 Å². The maximum atomic E-state index is 12.5. The second-order valence-corrected chi connectivity index (χ2v) is 10.3. The van der Waals surface area contributed by atoms with Gasteiger partial charge >= 0.3 is 6.03 Å². The number of urea groups is 1. The molecule has 172 valence electrons. The van der Waals surface area contributed by atoms with Gasteiger partial charge in [0.25, 0.3) is 0 Å². The van der Waals surface area contributed by atoms with E-state index < -0.39 is 10.0 Å². The molecule has 0 aromatic heterocycles. The summed E-state index contributed by atoms with van der Waals surface area (Å²) in [4.78, 5) is 28.6. The molecular weight excluding hydrogens is 416 g/mol. The molecule has 3 rings (SSSR count). The minimum absolute atomic E-state index is 0.0415. The molecule has 2 aliphatic rings. The van der Waals surface area contributed by atoms with E-state index in [9.17, 15) is 18.0 Å². The highest BCUT2D eigenvalue weighted by atomic mass is 32.2. The first-order valence-electron chi connectivity index (χ1n) is 11.2. The van der Waals surface area contributed by atoms with E-state index in [0.717, 1.165) is 24.0 Å². The third-order valence-corrected chi connectivity index (χ3v) is 7.73. The van der Waals surface area contributed by atoms with E-state index in [2.05, 4.69) is 10.0 Å². The van der Waals surface area contributed by atoms with Gasteiger partial charge in [-0.1, -0.05) is 25.3 Å². The molecule has 2 fully saturated rings. The topological polar surface area (TPSA) is 98.8 Å². The summed E-state index contributed by atoms with van der Waals surface area (Å²) >= 11 is 0. The van der Waals surface area contributed by atoms with E-state index in [0.29, 0.717) is 26.2 Å². The molecule has 2 N–H and O–H groups in total. The van der Waals surface area contributed by atoms with Crippen molar-refractivity contribution in [2.45, 2.75) is 63.3 Å². The number of piperazine rings is 1. The summed E-state index contributed by atoms with van der Waals surface area (Å²) in [7, 11) is -3.64. The Hall–Kier alpha value is -2.13. The van der Waals surface area contributed by atoms with Crippen LogP contribution >= 0.6 is 0 Å². The summed E-state index contributed by atoms with van der Waals surface area (Å²) < 4.78 is 27.4. The molecule has 8 nitrogen and oxygen atoms in total. The van der Waals surface area contributed by atoms with Gasteiger partial charge in [0.2, 0.25) is 15.9 Å². The van der Waals surface area contributed by atoms with Crippen molar-refractivity contribution in [3.8, 4) is 0 Å².